The van der Waals surface area contributed by atoms with Crippen LogP contribution in [0.2, 0.25) is 0 Å². The summed E-state index contributed by atoms with van der Waals surface area (Å²) < 4.78 is 103. The van der Waals surface area contributed by atoms with E-state index in [-0.39, 0.29) is 28.9 Å². The van der Waals surface area contributed by atoms with E-state index in [0.717, 1.165) is 37.7 Å². The number of alkyl halides is 3. The van der Waals surface area contributed by atoms with Crippen LogP contribution in [0.15, 0.2) is 42.5 Å². The summed E-state index contributed by atoms with van der Waals surface area (Å²) in [7, 11) is 0. The number of para-hydroxylation sites is 1. The highest BCUT2D eigenvalue weighted by Crippen LogP contribution is 2.40. The molecule has 1 nitrogen and oxygen atoms in total. The Kier molecular flexibility index (Phi) is 9.80. The molecule has 0 heterocycles. The molecule has 0 atom stereocenters. The van der Waals surface area contributed by atoms with Gasteiger partial charge in [-0.1, -0.05) is 76.5 Å². The second-order valence-electron chi connectivity index (χ2n) is 10.6. The lowest BCUT2D eigenvalue weighted by atomic mass is 9.77. The third kappa shape index (κ3) is 7.18. The van der Waals surface area contributed by atoms with Gasteiger partial charge in [0.15, 0.2) is 11.6 Å². The Morgan fingerprint density at radius 3 is 2.10 bits per heavy atom. The number of halogens is 7. The molecule has 0 aromatic heterocycles. The van der Waals surface area contributed by atoms with Crippen molar-refractivity contribution in [2.24, 2.45) is 11.8 Å². The van der Waals surface area contributed by atoms with Gasteiger partial charge < -0.3 is 4.74 Å². The standard InChI is InChI=1S/C32H32F7O/c1-2-3-4-7-20-10-12-21(13-11-20)14-15-24-25(33)16-17-29(31(24)36)40-28-9-6-5-8-23(28)22-18-26(34)30(27(35)19-22)32(37,38)39/h5-6,8-9,16,18-21H,2-4,7,10-15H2,1H3/t20-,21-. The van der Waals surface area contributed by atoms with Crippen molar-refractivity contribution in [3.05, 3.63) is 82.9 Å². The van der Waals surface area contributed by atoms with Gasteiger partial charge in [0, 0.05) is 17.2 Å². The fourth-order valence-electron chi connectivity index (χ4n) is 5.57. The van der Waals surface area contributed by atoms with Gasteiger partial charge in [0.1, 0.15) is 28.8 Å². The van der Waals surface area contributed by atoms with E-state index < -0.39 is 40.8 Å². The topological polar surface area (TPSA) is 9.23 Å². The number of unbranched alkanes of at least 4 members (excludes halogenated alkanes) is 2. The van der Waals surface area contributed by atoms with Crippen molar-refractivity contribution in [1.29, 1.82) is 0 Å². The molecule has 0 amide bonds. The number of rotatable bonds is 10. The Bertz CT molecular complexity index is 1270. The largest absolute Gasteiger partial charge is 0.453 e. The summed E-state index contributed by atoms with van der Waals surface area (Å²) >= 11 is 0. The molecule has 0 bridgehead atoms. The minimum Gasteiger partial charge on any atom is -0.453 e. The van der Waals surface area contributed by atoms with Crippen LogP contribution in [0.1, 0.15) is 75.8 Å². The Balaban J connectivity index is 1.49. The predicted octanol–water partition coefficient (Wildman–Crippen LogP) is 10.8. The smallest absolute Gasteiger partial charge is 0.422 e. The van der Waals surface area contributed by atoms with Gasteiger partial charge in [-0.05, 0) is 54.5 Å². The second kappa shape index (κ2) is 13.1. The quantitative estimate of drug-likeness (QED) is 0.176. The first-order valence-corrected chi connectivity index (χ1v) is 13.8. The molecule has 1 fully saturated rings. The number of hydrogen-bond donors (Lipinski definition) is 0. The van der Waals surface area contributed by atoms with Crippen LogP contribution in [-0.4, -0.2) is 0 Å². The van der Waals surface area contributed by atoms with E-state index in [2.05, 4.69) is 13.0 Å². The molecular weight excluding hydrogens is 533 g/mol. The summed E-state index contributed by atoms with van der Waals surface area (Å²) in [6, 6.07) is 10.2. The van der Waals surface area contributed by atoms with Gasteiger partial charge >= 0.3 is 6.18 Å². The lowest BCUT2D eigenvalue weighted by Gasteiger charge is -2.28. The zero-order valence-electron chi connectivity index (χ0n) is 22.3. The van der Waals surface area contributed by atoms with E-state index in [9.17, 15) is 26.3 Å². The first-order valence-electron chi connectivity index (χ1n) is 13.8. The molecule has 40 heavy (non-hydrogen) atoms. The lowest BCUT2D eigenvalue weighted by molar-refractivity contribution is -0.142. The normalized spacial score (nSPS) is 17.7. The molecular formula is C32H32F7O. The molecule has 215 valence electrons. The van der Waals surface area contributed by atoms with Crippen molar-refractivity contribution < 1.29 is 35.5 Å². The van der Waals surface area contributed by atoms with Gasteiger partial charge in [-0.15, -0.1) is 0 Å². The summed E-state index contributed by atoms with van der Waals surface area (Å²) in [5, 5.41) is 0. The molecule has 8 heteroatoms. The van der Waals surface area contributed by atoms with Crippen molar-refractivity contribution in [3.63, 3.8) is 0 Å². The zero-order valence-corrected chi connectivity index (χ0v) is 22.3. The van der Waals surface area contributed by atoms with Gasteiger partial charge in [0.05, 0.1) is 0 Å². The van der Waals surface area contributed by atoms with Crippen LogP contribution < -0.4 is 4.74 Å². The van der Waals surface area contributed by atoms with Gasteiger partial charge in [0.25, 0.3) is 0 Å². The molecule has 0 aliphatic heterocycles. The van der Waals surface area contributed by atoms with E-state index in [1.54, 1.807) is 0 Å². The van der Waals surface area contributed by atoms with E-state index in [1.165, 1.54) is 49.9 Å². The minimum atomic E-state index is -5.21. The second-order valence-corrected chi connectivity index (χ2v) is 10.6. The Morgan fingerprint density at radius 2 is 1.48 bits per heavy atom. The van der Waals surface area contributed by atoms with E-state index in [0.29, 0.717) is 24.5 Å². The Morgan fingerprint density at radius 1 is 0.850 bits per heavy atom. The molecule has 0 N–H and O–H groups in total. The van der Waals surface area contributed by atoms with Crippen molar-refractivity contribution >= 4 is 0 Å². The lowest BCUT2D eigenvalue weighted by Crippen LogP contribution is -2.15. The van der Waals surface area contributed by atoms with Crippen molar-refractivity contribution in [3.8, 4) is 22.6 Å². The van der Waals surface area contributed by atoms with Crippen LogP contribution in [0.5, 0.6) is 11.5 Å². The average molecular weight is 566 g/mol. The average Bonchev–Trinajstić information content (AvgIpc) is 2.90. The highest BCUT2D eigenvalue weighted by Gasteiger charge is 2.38. The summed E-state index contributed by atoms with van der Waals surface area (Å²) in [6.45, 7) is 2.19. The summed E-state index contributed by atoms with van der Waals surface area (Å²) in [5.41, 5.74) is -2.32. The first-order chi connectivity index (χ1) is 19.1. The van der Waals surface area contributed by atoms with Crippen LogP contribution >= 0.6 is 0 Å². The summed E-state index contributed by atoms with van der Waals surface area (Å²) in [4.78, 5) is 0. The molecule has 3 aromatic rings. The van der Waals surface area contributed by atoms with Gasteiger partial charge in [-0.25, -0.2) is 17.6 Å². The molecule has 0 saturated heterocycles. The van der Waals surface area contributed by atoms with E-state index >= 15 is 4.39 Å². The molecule has 3 aromatic carbocycles. The summed E-state index contributed by atoms with van der Waals surface area (Å²) in [6.07, 6.45) is 4.90. The number of ether oxygens (including phenoxy) is 1. The molecule has 4 rings (SSSR count). The van der Waals surface area contributed by atoms with E-state index in [4.69, 9.17) is 4.74 Å². The molecule has 0 unspecified atom stereocenters. The molecule has 1 aliphatic rings. The highest BCUT2D eigenvalue weighted by molar-refractivity contribution is 5.71. The zero-order chi connectivity index (χ0) is 28.9. The first kappa shape index (κ1) is 29.9. The monoisotopic (exact) mass is 565 g/mol. The third-order valence-electron chi connectivity index (χ3n) is 7.80. The van der Waals surface area contributed by atoms with Crippen LogP contribution in [-0.2, 0) is 12.6 Å². The maximum absolute atomic E-state index is 15.4. The van der Waals surface area contributed by atoms with Crippen molar-refractivity contribution in [2.45, 2.75) is 77.3 Å². The highest BCUT2D eigenvalue weighted by atomic mass is 19.4. The SMILES string of the molecule is CCCCC[C@H]1CC[C@H](CCc2c(F)c[c]c(Oc3ccccc3-c3cc(F)c(C(F)(F)F)c(F)c3)c2F)CC1. The fraction of sp³-hybridized carbons (Fsp3) is 0.438. The Labute approximate surface area is 230 Å². The third-order valence-corrected chi connectivity index (χ3v) is 7.80. The molecule has 1 aliphatic carbocycles. The van der Waals surface area contributed by atoms with Crippen LogP contribution in [0.4, 0.5) is 30.7 Å². The molecule has 0 spiro atoms. The minimum absolute atomic E-state index is 0.0309. The van der Waals surface area contributed by atoms with Crippen LogP contribution in [0, 0.1) is 41.2 Å². The van der Waals surface area contributed by atoms with E-state index in [1.807, 2.05) is 0 Å². The maximum Gasteiger partial charge on any atom is 0.422 e. The van der Waals surface area contributed by atoms with Crippen LogP contribution in [0.25, 0.3) is 11.1 Å². The Hall–Kier alpha value is -3.03. The number of hydrogen-bond acceptors (Lipinski definition) is 1. The van der Waals surface area contributed by atoms with Crippen molar-refractivity contribution in [2.75, 3.05) is 0 Å². The number of benzene rings is 3. The van der Waals surface area contributed by atoms with Crippen LogP contribution in [0.3, 0.4) is 0 Å². The van der Waals surface area contributed by atoms with Gasteiger partial charge in [-0.2, -0.15) is 13.2 Å². The van der Waals surface area contributed by atoms with Gasteiger partial charge in [0.2, 0.25) is 0 Å². The van der Waals surface area contributed by atoms with Gasteiger partial charge in [-0.3, -0.25) is 0 Å². The molecule has 1 saturated carbocycles. The van der Waals surface area contributed by atoms with Crippen molar-refractivity contribution in [1.82, 2.24) is 0 Å². The fourth-order valence-corrected chi connectivity index (χ4v) is 5.57. The predicted molar refractivity (Wildman–Crippen MR) is 140 cm³/mol. The molecule has 1 radical (unpaired) electrons. The summed E-state index contributed by atoms with van der Waals surface area (Å²) in [5.74, 6) is -4.59. The maximum atomic E-state index is 15.4.